The first-order valence-corrected chi connectivity index (χ1v) is 7.82. The van der Waals surface area contributed by atoms with E-state index in [4.69, 9.17) is 0 Å². The average Bonchev–Trinajstić information content (AvgIpc) is 2.95. The number of hydrogen-bond donors (Lipinski definition) is 1. The molecular formula is C15H27N3O2. The summed E-state index contributed by atoms with van der Waals surface area (Å²) in [5, 5.41) is 3.25. The minimum atomic E-state index is -0.221. The van der Waals surface area contributed by atoms with E-state index in [1.807, 2.05) is 16.7 Å². The Balaban J connectivity index is 2.02. The number of hydrogen-bond acceptors (Lipinski definition) is 3. The number of likely N-dealkylation sites (tertiary alicyclic amines) is 1. The van der Waals surface area contributed by atoms with Gasteiger partial charge < -0.3 is 15.1 Å². The van der Waals surface area contributed by atoms with Gasteiger partial charge in [-0.2, -0.15) is 0 Å². The maximum Gasteiger partial charge on any atom is 0.245 e. The van der Waals surface area contributed by atoms with Crippen molar-refractivity contribution in [3.63, 3.8) is 0 Å². The van der Waals surface area contributed by atoms with Crippen molar-refractivity contribution in [2.75, 3.05) is 32.7 Å². The molecule has 0 bridgehead atoms. The Labute approximate surface area is 121 Å². The van der Waals surface area contributed by atoms with Gasteiger partial charge in [0.15, 0.2) is 0 Å². The molecule has 20 heavy (non-hydrogen) atoms. The molecule has 0 aliphatic carbocycles. The molecule has 0 aromatic carbocycles. The minimum absolute atomic E-state index is 0.00794. The van der Waals surface area contributed by atoms with E-state index in [0.29, 0.717) is 5.92 Å². The highest BCUT2D eigenvalue weighted by Gasteiger charge is 2.38. The van der Waals surface area contributed by atoms with Crippen LogP contribution in [-0.4, -0.2) is 60.4 Å². The highest BCUT2D eigenvalue weighted by molar-refractivity contribution is 5.89. The summed E-state index contributed by atoms with van der Waals surface area (Å²) in [6.07, 6.45) is 1.76. The highest BCUT2D eigenvalue weighted by Crippen LogP contribution is 2.24. The summed E-state index contributed by atoms with van der Waals surface area (Å²) < 4.78 is 0. The normalized spacial score (nSPS) is 25.1. The van der Waals surface area contributed by atoms with Gasteiger partial charge in [-0.05, 0) is 18.8 Å². The van der Waals surface area contributed by atoms with Gasteiger partial charge in [0.2, 0.25) is 11.8 Å². The Morgan fingerprint density at radius 3 is 2.35 bits per heavy atom. The number of amides is 2. The summed E-state index contributed by atoms with van der Waals surface area (Å²) in [6.45, 7) is 10.1. The quantitative estimate of drug-likeness (QED) is 0.828. The molecule has 2 atom stereocenters. The van der Waals surface area contributed by atoms with Crippen LogP contribution in [0.2, 0.25) is 0 Å². The van der Waals surface area contributed by atoms with Crippen molar-refractivity contribution in [2.45, 2.75) is 39.7 Å². The van der Waals surface area contributed by atoms with Crippen molar-refractivity contribution in [3.8, 4) is 0 Å². The lowest BCUT2D eigenvalue weighted by Crippen LogP contribution is -2.54. The molecule has 0 saturated carbocycles. The first kappa shape index (κ1) is 15.3. The number of carbonyl (C=O) groups is 2. The van der Waals surface area contributed by atoms with E-state index in [9.17, 15) is 9.59 Å². The molecule has 0 aromatic rings. The number of rotatable bonds is 3. The van der Waals surface area contributed by atoms with Crippen LogP contribution in [0.5, 0.6) is 0 Å². The van der Waals surface area contributed by atoms with Crippen LogP contribution in [0.25, 0.3) is 0 Å². The highest BCUT2D eigenvalue weighted by atomic mass is 16.2. The predicted octanol–water partition coefficient (Wildman–Crippen LogP) is 0.701. The largest absolute Gasteiger partial charge is 0.338 e. The lowest BCUT2D eigenvalue weighted by molar-refractivity contribution is -0.146. The van der Waals surface area contributed by atoms with Crippen molar-refractivity contribution < 1.29 is 9.59 Å². The van der Waals surface area contributed by atoms with Gasteiger partial charge in [-0.1, -0.05) is 20.8 Å². The second-order valence-corrected chi connectivity index (χ2v) is 6.30. The van der Waals surface area contributed by atoms with Crippen LogP contribution in [0.15, 0.2) is 0 Å². The molecule has 0 aromatic heterocycles. The van der Waals surface area contributed by atoms with Crippen molar-refractivity contribution >= 4 is 11.8 Å². The molecular weight excluding hydrogens is 254 g/mol. The van der Waals surface area contributed by atoms with Crippen LogP contribution in [0, 0.1) is 11.8 Å². The van der Waals surface area contributed by atoms with E-state index >= 15 is 0 Å². The maximum absolute atomic E-state index is 12.6. The third kappa shape index (κ3) is 3.14. The van der Waals surface area contributed by atoms with E-state index in [-0.39, 0.29) is 23.8 Å². The average molecular weight is 281 g/mol. The van der Waals surface area contributed by atoms with E-state index < -0.39 is 0 Å². The molecule has 2 saturated heterocycles. The maximum atomic E-state index is 12.6. The molecule has 2 heterocycles. The Hall–Kier alpha value is -1.10. The SMILES string of the molecule is CC(C)C(C)C(=O)N1CCCC1C(=O)N1CCNCC1. The fourth-order valence-electron chi connectivity index (χ4n) is 2.93. The molecule has 2 aliphatic heterocycles. The van der Waals surface area contributed by atoms with Crippen LogP contribution in [0.3, 0.4) is 0 Å². The van der Waals surface area contributed by atoms with Gasteiger partial charge in [-0.25, -0.2) is 0 Å². The summed E-state index contributed by atoms with van der Waals surface area (Å²) in [5.74, 6) is 0.601. The second kappa shape index (κ2) is 6.57. The van der Waals surface area contributed by atoms with Gasteiger partial charge in [-0.3, -0.25) is 9.59 Å². The Bertz CT molecular complexity index is 364. The van der Waals surface area contributed by atoms with Gasteiger partial charge in [0.05, 0.1) is 0 Å². The molecule has 2 fully saturated rings. The lowest BCUT2D eigenvalue weighted by atomic mass is 9.96. The summed E-state index contributed by atoms with van der Waals surface area (Å²) in [4.78, 5) is 28.9. The number of carbonyl (C=O) groups excluding carboxylic acids is 2. The molecule has 114 valence electrons. The van der Waals surface area contributed by atoms with E-state index in [2.05, 4.69) is 19.2 Å². The molecule has 0 radical (unpaired) electrons. The molecule has 2 aliphatic rings. The van der Waals surface area contributed by atoms with Crippen LogP contribution in [0.4, 0.5) is 0 Å². The zero-order valence-corrected chi connectivity index (χ0v) is 12.9. The van der Waals surface area contributed by atoms with E-state index in [1.165, 1.54) is 0 Å². The molecule has 2 unspecified atom stereocenters. The summed E-state index contributed by atoms with van der Waals surface area (Å²) in [5.41, 5.74) is 0. The minimum Gasteiger partial charge on any atom is -0.338 e. The zero-order chi connectivity index (χ0) is 14.7. The fraction of sp³-hybridized carbons (Fsp3) is 0.867. The third-order valence-corrected chi connectivity index (χ3v) is 4.64. The first-order chi connectivity index (χ1) is 9.52. The predicted molar refractivity (Wildman–Crippen MR) is 78.2 cm³/mol. The van der Waals surface area contributed by atoms with Crippen LogP contribution in [0.1, 0.15) is 33.6 Å². The standard InChI is InChI=1S/C15H27N3O2/c1-11(2)12(3)14(19)18-8-4-5-13(18)15(20)17-9-6-16-7-10-17/h11-13,16H,4-10H2,1-3H3. The molecule has 2 amide bonds. The molecule has 2 rings (SSSR count). The van der Waals surface area contributed by atoms with Gasteiger partial charge in [-0.15, -0.1) is 0 Å². The molecule has 5 nitrogen and oxygen atoms in total. The van der Waals surface area contributed by atoms with Gasteiger partial charge in [0.1, 0.15) is 6.04 Å². The third-order valence-electron chi connectivity index (χ3n) is 4.64. The number of nitrogens with zero attached hydrogens (tertiary/aromatic N) is 2. The Morgan fingerprint density at radius 1 is 1.10 bits per heavy atom. The topological polar surface area (TPSA) is 52.7 Å². The van der Waals surface area contributed by atoms with Crippen LogP contribution >= 0.6 is 0 Å². The molecule has 0 spiro atoms. The van der Waals surface area contributed by atoms with Crippen molar-refractivity contribution in [3.05, 3.63) is 0 Å². The van der Waals surface area contributed by atoms with Crippen LogP contribution < -0.4 is 5.32 Å². The lowest BCUT2D eigenvalue weighted by Gasteiger charge is -2.34. The number of nitrogens with one attached hydrogen (secondary N) is 1. The van der Waals surface area contributed by atoms with Crippen LogP contribution in [-0.2, 0) is 9.59 Å². The van der Waals surface area contributed by atoms with Gasteiger partial charge >= 0.3 is 0 Å². The van der Waals surface area contributed by atoms with Crippen molar-refractivity contribution in [1.82, 2.24) is 15.1 Å². The van der Waals surface area contributed by atoms with Gasteiger partial charge in [0.25, 0.3) is 0 Å². The summed E-state index contributed by atoms with van der Waals surface area (Å²) >= 11 is 0. The number of piperazine rings is 1. The fourth-order valence-corrected chi connectivity index (χ4v) is 2.93. The van der Waals surface area contributed by atoms with Crippen molar-refractivity contribution in [2.24, 2.45) is 11.8 Å². The van der Waals surface area contributed by atoms with E-state index in [1.54, 1.807) is 0 Å². The molecule has 5 heteroatoms. The second-order valence-electron chi connectivity index (χ2n) is 6.30. The summed E-state index contributed by atoms with van der Waals surface area (Å²) in [7, 11) is 0. The van der Waals surface area contributed by atoms with Gasteiger partial charge in [0, 0.05) is 38.6 Å². The Morgan fingerprint density at radius 2 is 1.75 bits per heavy atom. The smallest absolute Gasteiger partial charge is 0.245 e. The van der Waals surface area contributed by atoms with Crippen molar-refractivity contribution in [1.29, 1.82) is 0 Å². The van der Waals surface area contributed by atoms with E-state index in [0.717, 1.165) is 45.6 Å². The zero-order valence-electron chi connectivity index (χ0n) is 12.9. The Kier molecular flexibility index (Phi) is 5.02. The first-order valence-electron chi connectivity index (χ1n) is 7.82. The summed E-state index contributed by atoms with van der Waals surface area (Å²) in [6, 6.07) is -0.221. The molecule has 1 N–H and O–H groups in total. The monoisotopic (exact) mass is 281 g/mol.